The van der Waals surface area contributed by atoms with E-state index in [2.05, 4.69) is 20.5 Å². The molecule has 1 amide bonds. The van der Waals surface area contributed by atoms with Crippen molar-refractivity contribution >= 4 is 34.9 Å². The van der Waals surface area contributed by atoms with E-state index >= 15 is 0 Å². The van der Waals surface area contributed by atoms with Crippen LogP contribution in [0.1, 0.15) is 21.5 Å². The first-order chi connectivity index (χ1) is 14.6. The number of aromatic amines is 1. The lowest BCUT2D eigenvalue weighted by Gasteiger charge is -2.03. The van der Waals surface area contributed by atoms with Crippen LogP contribution in [0.4, 0.5) is 0 Å². The predicted molar refractivity (Wildman–Crippen MR) is 117 cm³/mol. The van der Waals surface area contributed by atoms with Crippen LogP contribution in [0, 0.1) is 0 Å². The molecule has 3 aromatic carbocycles. The molecule has 4 aromatic rings. The number of benzene rings is 3. The molecule has 8 heteroatoms. The molecule has 0 spiro atoms. The van der Waals surface area contributed by atoms with Gasteiger partial charge in [-0.2, -0.15) is 5.10 Å². The van der Waals surface area contributed by atoms with Crippen molar-refractivity contribution in [1.29, 1.82) is 0 Å². The van der Waals surface area contributed by atoms with Gasteiger partial charge < -0.3 is 15.2 Å². The molecule has 0 aliphatic carbocycles. The molecule has 0 radical (unpaired) electrons. The summed E-state index contributed by atoms with van der Waals surface area (Å²) in [5.74, 6) is -0.0774. The van der Waals surface area contributed by atoms with Crippen molar-refractivity contribution in [1.82, 2.24) is 15.4 Å². The van der Waals surface area contributed by atoms with Gasteiger partial charge in [0.05, 0.1) is 17.2 Å². The number of H-pyrrole nitrogens is 1. The van der Waals surface area contributed by atoms with Crippen LogP contribution in [0.15, 0.2) is 77.0 Å². The van der Waals surface area contributed by atoms with Crippen LogP contribution in [0.3, 0.4) is 0 Å². The van der Waals surface area contributed by atoms with E-state index in [9.17, 15) is 15.0 Å². The summed E-state index contributed by atoms with van der Waals surface area (Å²) in [5.41, 5.74) is 6.49. The number of phenols is 2. The zero-order valence-electron chi connectivity index (χ0n) is 15.7. The highest BCUT2D eigenvalue weighted by molar-refractivity contribution is 7.98. The van der Waals surface area contributed by atoms with Crippen molar-refractivity contribution in [3.8, 4) is 11.5 Å². The zero-order valence-corrected chi connectivity index (χ0v) is 16.6. The zero-order chi connectivity index (χ0) is 20.9. The molecule has 4 rings (SSSR count). The van der Waals surface area contributed by atoms with Crippen LogP contribution in [-0.2, 0) is 5.75 Å². The Balaban J connectivity index is 1.32. The van der Waals surface area contributed by atoms with Crippen molar-refractivity contribution in [3.05, 3.63) is 83.4 Å². The number of aromatic nitrogens is 2. The SMILES string of the molecule is O=C(N/N=C/c1ccc(O)c(O)c1)c1ccc(CSc2nc3ccccc3[nH]2)cc1. The van der Waals surface area contributed by atoms with Gasteiger partial charge in [0.2, 0.25) is 0 Å². The molecular formula is C22H18N4O3S. The third kappa shape index (κ3) is 4.61. The number of nitrogens with one attached hydrogen (secondary N) is 2. The van der Waals surface area contributed by atoms with E-state index in [0.29, 0.717) is 11.1 Å². The van der Waals surface area contributed by atoms with Crippen molar-refractivity contribution < 1.29 is 15.0 Å². The second-order valence-corrected chi connectivity index (χ2v) is 7.46. The summed E-state index contributed by atoms with van der Waals surface area (Å²) in [4.78, 5) is 20.0. The topological polar surface area (TPSA) is 111 Å². The number of carbonyl (C=O) groups is 1. The Morgan fingerprint density at radius 2 is 1.87 bits per heavy atom. The van der Waals surface area contributed by atoms with Crippen LogP contribution < -0.4 is 5.43 Å². The number of carbonyl (C=O) groups excluding carboxylic acids is 1. The Labute approximate surface area is 176 Å². The predicted octanol–water partition coefficient (Wildman–Crippen LogP) is 4.03. The molecule has 0 bridgehead atoms. The highest BCUT2D eigenvalue weighted by atomic mass is 32.2. The van der Waals surface area contributed by atoms with Gasteiger partial charge in [0.25, 0.3) is 5.91 Å². The molecule has 1 aromatic heterocycles. The minimum absolute atomic E-state index is 0.213. The monoisotopic (exact) mass is 418 g/mol. The first-order valence-electron chi connectivity index (χ1n) is 9.10. The van der Waals surface area contributed by atoms with Gasteiger partial charge in [-0.1, -0.05) is 36.0 Å². The lowest BCUT2D eigenvalue weighted by molar-refractivity contribution is 0.0955. The number of nitrogens with zero attached hydrogens (tertiary/aromatic N) is 2. The van der Waals surface area contributed by atoms with Crippen LogP contribution in [0.2, 0.25) is 0 Å². The first-order valence-corrected chi connectivity index (χ1v) is 10.1. The van der Waals surface area contributed by atoms with Gasteiger partial charge in [-0.05, 0) is 53.6 Å². The van der Waals surface area contributed by atoms with E-state index in [1.807, 2.05) is 36.4 Å². The van der Waals surface area contributed by atoms with Crippen molar-refractivity contribution in [3.63, 3.8) is 0 Å². The Morgan fingerprint density at radius 1 is 1.07 bits per heavy atom. The minimum Gasteiger partial charge on any atom is -0.504 e. The third-order valence-corrected chi connectivity index (χ3v) is 5.28. The van der Waals surface area contributed by atoms with Crippen molar-refractivity contribution in [2.45, 2.75) is 10.9 Å². The van der Waals surface area contributed by atoms with E-state index in [0.717, 1.165) is 27.5 Å². The number of aromatic hydroxyl groups is 2. The molecule has 150 valence electrons. The largest absolute Gasteiger partial charge is 0.504 e. The molecular weight excluding hydrogens is 400 g/mol. The number of hydrogen-bond donors (Lipinski definition) is 4. The lowest BCUT2D eigenvalue weighted by atomic mass is 10.1. The molecule has 7 nitrogen and oxygen atoms in total. The van der Waals surface area contributed by atoms with Crippen molar-refractivity contribution in [2.75, 3.05) is 0 Å². The number of imidazole rings is 1. The number of fused-ring (bicyclic) bond motifs is 1. The molecule has 4 N–H and O–H groups in total. The number of amides is 1. The second-order valence-electron chi connectivity index (χ2n) is 6.49. The van der Waals surface area contributed by atoms with E-state index in [-0.39, 0.29) is 17.4 Å². The van der Waals surface area contributed by atoms with E-state index in [1.54, 1.807) is 30.0 Å². The fraction of sp³-hybridized carbons (Fsp3) is 0.0455. The quantitative estimate of drug-likeness (QED) is 0.164. The normalized spacial score (nSPS) is 11.2. The standard InChI is InChI=1S/C22H18N4O3S/c27-19-10-7-15(11-20(19)28)12-23-26-21(29)16-8-5-14(6-9-16)13-30-22-24-17-3-1-2-4-18(17)25-22/h1-12,27-28H,13H2,(H,24,25)(H,26,29)/b23-12+. The number of para-hydroxylation sites is 2. The fourth-order valence-electron chi connectivity index (χ4n) is 2.75. The molecule has 0 aliphatic heterocycles. The van der Waals surface area contributed by atoms with E-state index < -0.39 is 0 Å². The highest BCUT2D eigenvalue weighted by Crippen LogP contribution is 2.24. The molecule has 30 heavy (non-hydrogen) atoms. The molecule has 0 saturated carbocycles. The summed E-state index contributed by atoms with van der Waals surface area (Å²) in [6, 6.07) is 19.4. The van der Waals surface area contributed by atoms with Gasteiger partial charge >= 0.3 is 0 Å². The molecule has 0 atom stereocenters. The molecule has 0 aliphatic rings. The first kappa shape index (κ1) is 19.5. The number of hydrazone groups is 1. The lowest BCUT2D eigenvalue weighted by Crippen LogP contribution is -2.17. The third-order valence-electron chi connectivity index (χ3n) is 4.34. The molecule has 0 unspecified atom stereocenters. The van der Waals surface area contributed by atoms with Gasteiger partial charge in [0.1, 0.15) is 0 Å². The minimum atomic E-state index is -0.342. The van der Waals surface area contributed by atoms with Crippen molar-refractivity contribution in [2.24, 2.45) is 5.10 Å². The maximum absolute atomic E-state index is 12.2. The highest BCUT2D eigenvalue weighted by Gasteiger charge is 2.06. The Morgan fingerprint density at radius 3 is 2.63 bits per heavy atom. The summed E-state index contributed by atoms with van der Waals surface area (Å²) >= 11 is 1.60. The number of hydrogen-bond acceptors (Lipinski definition) is 6. The fourth-order valence-corrected chi connectivity index (χ4v) is 3.59. The molecule has 1 heterocycles. The summed E-state index contributed by atoms with van der Waals surface area (Å²) in [7, 11) is 0. The van der Waals surface area contributed by atoms with Gasteiger partial charge in [-0.15, -0.1) is 0 Å². The summed E-state index contributed by atoms with van der Waals surface area (Å²) in [6.07, 6.45) is 1.38. The van der Waals surface area contributed by atoms with Gasteiger partial charge in [0, 0.05) is 11.3 Å². The summed E-state index contributed by atoms with van der Waals surface area (Å²) in [5, 5.41) is 23.5. The number of rotatable bonds is 6. The average molecular weight is 418 g/mol. The molecule has 0 saturated heterocycles. The van der Waals surface area contributed by atoms with Crippen LogP contribution in [-0.4, -0.2) is 32.3 Å². The van der Waals surface area contributed by atoms with Gasteiger partial charge in [-0.3, -0.25) is 4.79 Å². The number of phenolic OH excluding ortho intramolecular Hbond substituents is 2. The Hall–Kier alpha value is -3.78. The second kappa shape index (κ2) is 8.71. The van der Waals surface area contributed by atoms with E-state index in [4.69, 9.17) is 0 Å². The maximum Gasteiger partial charge on any atom is 0.271 e. The summed E-state index contributed by atoms with van der Waals surface area (Å²) in [6.45, 7) is 0. The average Bonchev–Trinajstić information content (AvgIpc) is 3.18. The Kier molecular flexibility index (Phi) is 5.67. The smallest absolute Gasteiger partial charge is 0.271 e. The van der Waals surface area contributed by atoms with E-state index in [1.165, 1.54) is 18.3 Å². The van der Waals surface area contributed by atoms with Crippen LogP contribution >= 0.6 is 11.8 Å². The molecule has 0 fully saturated rings. The Bertz CT molecular complexity index is 1190. The number of thioether (sulfide) groups is 1. The van der Waals surface area contributed by atoms with Gasteiger partial charge in [0.15, 0.2) is 16.7 Å². The van der Waals surface area contributed by atoms with Gasteiger partial charge in [-0.25, -0.2) is 10.4 Å². The maximum atomic E-state index is 12.2. The van der Waals surface area contributed by atoms with Crippen LogP contribution in [0.25, 0.3) is 11.0 Å². The summed E-state index contributed by atoms with van der Waals surface area (Å²) < 4.78 is 0. The van der Waals surface area contributed by atoms with Crippen LogP contribution in [0.5, 0.6) is 11.5 Å².